The highest BCUT2D eigenvalue weighted by molar-refractivity contribution is 7.99. The van der Waals surface area contributed by atoms with Crippen LogP contribution in [0.25, 0.3) is 11.3 Å². The van der Waals surface area contributed by atoms with E-state index < -0.39 is 11.9 Å². The summed E-state index contributed by atoms with van der Waals surface area (Å²) in [5, 5.41) is 5.67. The lowest BCUT2D eigenvalue weighted by Gasteiger charge is -2.05. The fourth-order valence-electron chi connectivity index (χ4n) is 1.67. The second-order valence-electron chi connectivity index (χ2n) is 4.58. The number of thioether (sulfide) groups is 1. The van der Waals surface area contributed by atoms with Gasteiger partial charge in [-0.2, -0.15) is 0 Å². The number of halogens is 1. The second-order valence-corrected chi connectivity index (χ2v) is 5.95. The summed E-state index contributed by atoms with van der Waals surface area (Å²) in [6.45, 7) is 0.701. The molecule has 0 unspecified atom stereocenters. The SMILES string of the molecule is COCCNC(=O)NC(=O)CSc1ncc(-c2ccc(Cl)cc2)o1. The molecule has 1 aromatic carbocycles. The summed E-state index contributed by atoms with van der Waals surface area (Å²) < 4.78 is 10.3. The third-order valence-corrected chi connectivity index (χ3v) is 3.88. The fourth-order valence-corrected chi connectivity index (χ4v) is 2.40. The van der Waals surface area contributed by atoms with Crippen LogP contribution in [0, 0.1) is 0 Å². The molecule has 3 amide bonds. The van der Waals surface area contributed by atoms with Gasteiger partial charge in [-0.05, 0) is 24.3 Å². The van der Waals surface area contributed by atoms with Gasteiger partial charge in [0.2, 0.25) is 5.91 Å². The maximum Gasteiger partial charge on any atom is 0.321 e. The van der Waals surface area contributed by atoms with Gasteiger partial charge in [-0.15, -0.1) is 0 Å². The van der Waals surface area contributed by atoms with E-state index in [0.717, 1.165) is 17.3 Å². The number of benzene rings is 1. The van der Waals surface area contributed by atoms with Crippen molar-refractivity contribution in [1.29, 1.82) is 0 Å². The van der Waals surface area contributed by atoms with E-state index >= 15 is 0 Å². The number of aromatic nitrogens is 1. The van der Waals surface area contributed by atoms with Gasteiger partial charge in [0.15, 0.2) is 5.76 Å². The molecule has 0 fully saturated rings. The summed E-state index contributed by atoms with van der Waals surface area (Å²) in [7, 11) is 1.52. The number of carbonyl (C=O) groups excluding carboxylic acids is 2. The summed E-state index contributed by atoms with van der Waals surface area (Å²) in [5.74, 6) is 0.145. The van der Waals surface area contributed by atoms with Crippen molar-refractivity contribution < 1.29 is 18.7 Å². The number of ether oxygens (including phenoxy) is 1. The zero-order chi connectivity index (χ0) is 17.4. The largest absolute Gasteiger partial charge is 0.431 e. The first-order valence-electron chi connectivity index (χ1n) is 6.99. The Hall–Kier alpha value is -2.03. The van der Waals surface area contributed by atoms with Crippen LogP contribution in [-0.4, -0.2) is 42.9 Å². The maximum atomic E-state index is 11.7. The summed E-state index contributed by atoms with van der Waals surface area (Å²) in [5.41, 5.74) is 0.834. The first-order chi connectivity index (χ1) is 11.6. The van der Waals surface area contributed by atoms with E-state index in [2.05, 4.69) is 15.6 Å². The molecule has 0 radical (unpaired) electrons. The van der Waals surface area contributed by atoms with Crippen molar-refractivity contribution in [2.24, 2.45) is 0 Å². The van der Waals surface area contributed by atoms with E-state index in [9.17, 15) is 9.59 Å². The van der Waals surface area contributed by atoms with Crippen molar-refractivity contribution in [2.45, 2.75) is 5.22 Å². The van der Waals surface area contributed by atoms with Crippen LogP contribution < -0.4 is 10.6 Å². The topological polar surface area (TPSA) is 93.5 Å². The Morgan fingerprint density at radius 3 is 2.79 bits per heavy atom. The number of nitrogens with one attached hydrogen (secondary N) is 2. The van der Waals surface area contributed by atoms with Gasteiger partial charge in [0.25, 0.3) is 5.22 Å². The predicted octanol–water partition coefficient (Wildman–Crippen LogP) is 2.56. The van der Waals surface area contributed by atoms with Gasteiger partial charge in [-0.25, -0.2) is 9.78 Å². The van der Waals surface area contributed by atoms with Crippen molar-refractivity contribution >= 4 is 35.3 Å². The number of amides is 3. The van der Waals surface area contributed by atoms with E-state index in [1.807, 2.05) is 12.1 Å². The van der Waals surface area contributed by atoms with Crippen LogP contribution in [0.2, 0.25) is 5.02 Å². The zero-order valence-corrected chi connectivity index (χ0v) is 14.4. The molecule has 9 heteroatoms. The van der Waals surface area contributed by atoms with Gasteiger partial charge in [0.05, 0.1) is 18.6 Å². The molecule has 128 valence electrons. The highest BCUT2D eigenvalue weighted by Gasteiger charge is 2.11. The lowest BCUT2D eigenvalue weighted by molar-refractivity contribution is -0.117. The van der Waals surface area contributed by atoms with E-state index in [-0.39, 0.29) is 5.75 Å². The van der Waals surface area contributed by atoms with E-state index in [4.69, 9.17) is 20.8 Å². The lowest BCUT2D eigenvalue weighted by atomic mass is 10.2. The third-order valence-electron chi connectivity index (χ3n) is 2.78. The number of carbonyl (C=O) groups is 2. The van der Waals surface area contributed by atoms with Crippen molar-refractivity contribution in [3.05, 3.63) is 35.5 Å². The van der Waals surface area contributed by atoms with Crippen LogP contribution >= 0.6 is 23.4 Å². The smallest absolute Gasteiger partial charge is 0.321 e. The summed E-state index contributed by atoms with van der Waals surface area (Å²) in [4.78, 5) is 27.2. The minimum atomic E-state index is -0.563. The van der Waals surface area contributed by atoms with Crippen LogP contribution in [-0.2, 0) is 9.53 Å². The molecule has 0 saturated heterocycles. The molecule has 1 aromatic heterocycles. The van der Waals surface area contributed by atoms with Crippen molar-refractivity contribution in [3.63, 3.8) is 0 Å². The number of hydrogen-bond donors (Lipinski definition) is 2. The fraction of sp³-hybridized carbons (Fsp3) is 0.267. The van der Waals surface area contributed by atoms with Crippen LogP contribution in [0.5, 0.6) is 0 Å². The monoisotopic (exact) mass is 369 g/mol. The van der Waals surface area contributed by atoms with Gasteiger partial charge in [-0.1, -0.05) is 23.4 Å². The van der Waals surface area contributed by atoms with E-state index in [0.29, 0.717) is 29.2 Å². The molecule has 0 atom stereocenters. The van der Waals surface area contributed by atoms with E-state index in [1.165, 1.54) is 7.11 Å². The number of nitrogens with zero attached hydrogens (tertiary/aromatic N) is 1. The van der Waals surface area contributed by atoms with Crippen LogP contribution in [0.1, 0.15) is 0 Å². The summed E-state index contributed by atoms with van der Waals surface area (Å²) in [6, 6.07) is 6.57. The van der Waals surface area contributed by atoms with E-state index in [1.54, 1.807) is 18.3 Å². The molecule has 0 aliphatic carbocycles. The quantitative estimate of drug-likeness (QED) is 0.575. The van der Waals surface area contributed by atoms with Crippen LogP contribution in [0.4, 0.5) is 4.79 Å². The Labute approximate surface area is 148 Å². The molecule has 2 rings (SSSR count). The number of urea groups is 1. The molecule has 7 nitrogen and oxygen atoms in total. The minimum Gasteiger partial charge on any atom is -0.431 e. The highest BCUT2D eigenvalue weighted by Crippen LogP contribution is 2.26. The van der Waals surface area contributed by atoms with Crippen molar-refractivity contribution in [2.75, 3.05) is 26.0 Å². The zero-order valence-electron chi connectivity index (χ0n) is 12.9. The molecule has 0 aliphatic rings. The van der Waals surface area contributed by atoms with Gasteiger partial charge in [0.1, 0.15) is 0 Å². The number of imide groups is 1. The molecule has 0 bridgehead atoms. The molecule has 24 heavy (non-hydrogen) atoms. The summed E-state index contributed by atoms with van der Waals surface area (Å²) in [6.07, 6.45) is 1.57. The Kier molecular flexibility index (Phi) is 7.10. The Bertz CT molecular complexity index is 690. The van der Waals surface area contributed by atoms with Crippen LogP contribution in [0.15, 0.2) is 40.1 Å². The molecule has 1 heterocycles. The Morgan fingerprint density at radius 2 is 2.08 bits per heavy atom. The first-order valence-corrected chi connectivity index (χ1v) is 8.36. The van der Waals surface area contributed by atoms with Gasteiger partial charge in [-0.3, -0.25) is 10.1 Å². The Balaban J connectivity index is 1.79. The lowest BCUT2D eigenvalue weighted by Crippen LogP contribution is -2.41. The van der Waals surface area contributed by atoms with Gasteiger partial charge >= 0.3 is 6.03 Å². The normalized spacial score (nSPS) is 10.4. The first kappa shape index (κ1) is 18.3. The third kappa shape index (κ3) is 5.88. The highest BCUT2D eigenvalue weighted by atomic mass is 35.5. The number of methoxy groups -OCH3 is 1. The van der Waals surface area contributed by atoms with Crippen molar-refractivity contribution in [3.8, 4) is 11.3 Å². The van der Waals surface area contributed by atoms with Gasteiger partial charge < -0.3 is 14.5 Å². The standard InChI is InChI=1S/C15H16ClN3O4S/c1-22-7-6-17-14(21)19-13(20)9-24-15-18-8-12(23-15)10-2-4-11(16)5-3-10/h2-5,8H,6-7,9H2,1H3,(H2,17,19,20,21). The molecule has 0 spiro atoms. The molecular weight excluding hydrogens is 354 g/mol. The predicted molar refractivity (Wildman–Crippen MR) is 91.1 cm³/mol. The number of oxazole rings is 1. The molecule has 0 saturated carbocycles. The average Bonchev–Trinajstić information content (AvgIpc) is 3.03. The number of rotatable bonds is 7. The maximum absolute atomic E-state index is 11.7. The molecular formula is C15H16ClN3O4S. The number of hydrogen-bond acceptors (Lipinski definition) is 6. The molecule has 0 aliphatic heterocycles. The molecule has 2 N–H and O–H groups in total. The summed E-state index contributed by atoms with van der Waals surface area (Å²) >= 11 is 6.93. The molecule has 2 aromatic rings. The Morgan fingerprint density at radius 1 is 1.33 bits per heavy atom. The van der Waals surface area contributed by atoms with Gasteiger partial charge in [0, 0.05) is 24.2 Å². The van der Waals surface area contributed by atoms with Crippen LogP contribution in [0.3, 0.4) is 0 Å². The average molecular weight is 370 g/mol. The minimum absolute atomic E-state index is 0.0122. The second kappa shape index (κ2) is 9.31. The van der Waals surface area contributed by atoms with Crippen molar-refractivity contribution in [1.82, 2.24) is 15.6 Å².